The van der Waals surface area contributed by atoms with Crippen molar-refractivity contribution >= 4 is 22.2 Å². The smallest absolute Gasteiger partial charge is 0.311 e. The molecule has 2 aliphatic heterocycles. The SMILES string of the molecule is CCOC(=O)[C@H]1[C@@H]2C[C@H](C3OC=NC3S(=O)(=O)c3ccc(C)cc3)O[C@@H]21. The number of benzene rings is 1. The summed E-state index contributed by atoms with van der Waals surface area (Å²) in [5.74, 6) is -0.403. The summed E-state index contributed by atoms with van der Waals surface area (Å²) < 4.78 is 42.3. The van der Waals surface area contributed by atoms with Gasteiger partial charge in [0.15, 0.2) is 17.9 Å². The molecule has 0 N–H and O–H groups in total. The summed E-state index contributed by atoms with van der Waals surface area (Å²) in [4.78, 5) is 16.1. The highest BCUT2D eigenvalue weighted by Crippen LogP contribution is 2.53. The second kappa shape index (κ2) is 6.35. The molecular formula is C18H21NO6S. The first-order valence-electron chi connectivity index (χ1n) is 8.73. The van der Waals surface area contributed by atoms with Gasteiger partial charge in [0.05, 0.1) is 29.6 Å². The van der Waals surface area contributed by atoms with Gasteiger partial charge in [-0.05, 0) is 32.4 Å². The summed E-state index contributed by atoms with van der Waals surface area (Å²) >= 11 is 0. The molecule has 0 radical (unpaired) electrons. The van der Waals surface area contributed by atoms with Gasteiger partial charge in [0.2, 0.25) is 9.84 Å². The minimum Gasteiger partial charge on any atom is -0.474 e. The zero-order chi connectivity index (χ0) is 18.5. The van der Waals surface area contributed by atoms with Gasteiger partial charge in [-0.1, -0.05) is 17.7 Å². The zero-order valence-corrected chi connectivity index (χ0v) is 15.4. The third-order valence-electron chi connectivity index (χ3n) is 5.23. The van der Waals surface area contributed by atoms with Crippen LogP contribution in [0, 0.1) is 18.8 Å². The number of sulfone groups is 1. The summed E-state index contributed by atoms with van der Waals surface area (Å²) in [7, 11) is -3.68. The minimum atomic E-state index is -3.68. The lowest BCUT2D eigenvalue weighted by Gasteiger charge is -2.24. The molecule has 140 valence electrons. The molecule has 4 rings (SSSR count). The van der Waals surface area contributed by atoms with E-state index in [1.165, 1.54) is 6.40 Å². The number of rotatable bonds is 5. The van der Waals surface area contributed by atoms with Crippen molar-refractivity contribution in [3.05, 3.63) is 29.8 Å². The molecule has 1 saturated carbocycles. The molecular weight excluding hydrogens is 358 g/mol. The van der Waals surface area contributed by atoms with Crippen LogP contribution in [0.15, 0.2) is 34.2 Å². The summed E-state index contributed by atoms with van der Waals surface area (Å²) in [6, 6.07) is 6.68. The fourth-order valence-electron chi connectivity index (χ4n) is 3.81. The van der Waals surface area contributed by atoms with Gasteiger partial charge < -0.3 is 14.2 Å². The first kappa shape index (κ1) is 17.5. The number of nitrogens with zero attached hydrogens (tertiary/aromatic N) is 1. The van der Waals surface area contributed by atoms with E-state index < -0.39 is 27.4 Å². The van der Waals surface area contributed by atoms with Crippen molar-refractivity contribution in [3.63, 3.8) is 0 Å². The van der Waals surface area contributed by atoms with Gasteiger partial charge in [0.1, 0.15) is 0 Å². The van der Waals surface area contributed by atoms with E-state index in [1.54, 1.807) is 31.2 Å². The number of esters is 1. The summed E-state index contributed by atoms with van der Waals surface area (Å²) in [6.45, 7) is 4.01. The van der Waals surface area contributed by atoms with Gasteiger partial charge in [-0.3, -0.25) is 4.79 Å². The third-order valence-corrected chi connectivity index (χ3v) is 7.19. The highest BCUT2D eigenvalue weighted by molar-refractivity contribution is 7.92. The van der Waals surface area contributed by atoms with E-state index in [2.05, 4.69) is 4.99 Å². The van der Waals surface area contributed by atoms with Crippen LogP contribution in [0.4, 0.5) is 0 Å². The highest BCUT2D eigenvalue weighted by Gasteiger charge is 2.64. The van der Waals surface area contributed by atoms with E-state index in [0.29, 0.717) is 13.0 Å². The Morgan fingerprint density at radius 2 is 2.00 bits per heavy atom. The Bertz CT molecular complexity index is 822. The number of aryl methyl sites for hydroxylation is 1. The first-order valence-corrected chi connectivity index (χ1v) is 10.3. The Balaban J connectivity index is 1.46. The Morgan fingerprint density at radius 1 is 1.27 bits per heavy atom. The molecule has 0 bridgehead atoms. The standard InChI is InChI=1S/C18H21NO6S/c1-3-23-18(20)14-12-8-13(25-15(12)14)16-17(19-9-24-16)26(21,22)11-6-4-10(2)5-7-11/h4-7,9,12-17H,3,8H2,1-2H3/t12-,13+,14-,15-,16?,17?/m0/s1. The number of carbonyl (C=O) groups is 1. The second-order valence-corrected chi connectivity index (χ2v) is 8.96. The Kier molecular flexibility index (Phi) is 4.27. The Labute approximate surface area is 152 Å². The lowest BCUT2D eigenvalue weighted by Crippen LogP contribution is -2.40. The highest BCUT2D eigenvalue weighted by atomic mass is 32.2. The maximum absolute atomic E-state index is 12.9. The van der Waals surface area contributed by atoms with Crippen molar-refractivity contribution in [1.82, 2.24) is 0 Å². The van der Waals surface area contributed by atoms with E-state index >= 15 is 0 Å². The maximum Gasteiger partial charge on any atom is 0.311 e. The number of hydrogen-bond donors (Lipinski definition) is 0. The van der Waals surface area contributed by atoms with E-state index in [1.807, 2.05) is 6.92 Å². The molecule has 1 aliphatic carbocycles. The quantitative estimate of drug-likeness (QED) is 0.720. The van der Waals surface area contributed by atoms with Gasteiger partial charge in [-0.2, -0.15) is 0 Å². The van der Waals surface area contributed by atoms with Crippen LogP contribution in [0.2, 0.25) is 0 Å². The molecule has 6 atom stereocenters. The fraction of sp³-hybridized carbons (Fsp3) is 0.556. The molecule has 0 aromatic heterocycles. The van der Waals surface area contributed by atoms with E-state index in [-0.39, 0.29) is 28.8 Å². The predicted molar refractivity (Wildman–Crippen MR) is 92.4 cm³/mol. The molecule has 7 nitrogen and oxygen atoms in total. The molecule has 2 fully saturated rings. The number of ether oxygens (including phenoxy) is 3. The van der Waals surface area contributed by atoms with Crippen LogP contribution < -0.4 is 0 Å². The first-order chi connectivity index (χ1) is 12.4. The van der Waals surface area contributed by atoms with E-state index in [0.717, 1.165) is 5.56 Å². The van der Waals surface area contributed by atoms with Crippen LogP contribution in [0.25, 0.3) is 0 Å². The van der Waals surface area contributed by atoms with Crippen LogP contribution >= 0.6 is 0 Å². The summed E-state index contributed by atoms with van der Waals surface area (Å²) in [5.41, 5.74) is 0.982. The average Bonchev–Trinajstić information content (AvgIpc) is 2.99. The van der Waals surface area contributed by atoms with Gasteiger partial charge in [-0.15, -0.1) is 0 Å². The lowest BCUT2D eigenvalue weighted by atomic mass is 10.1. The van der Waals surface area contributed by atoms with Crippen molar-refractivity contribution in [2.45, 2.75) is 48.8 Å². The van der Waals surface area contributed by atoms with Crippen LogP contribution in [0.3, 0.4) is 0 Å². The molecule has 1 aromatic rings. The van der Waals surface area contributed by atoms with Gasteiger partial charge in [0, 0.05) is 5.92 Å². The Hall–Kier alpha value is -1.93. The lowest BCUT2D eigenvalue weighted by molar-refractivity contribution is -0.147. The molecule has 1 aromatic carbocycles. The van der Waals surface area contributed by atoms with Crippen molar-refractivity contribution in [2.24, 2.45) is 16.8 Å². The molecule has 8 heteroatoms. The maximum atomic E-state index is 12.9. The molecule has 0 spiro atoms. The fourth-order valence-corrected chi connectivity index (χ4v) is 5.40. The van der Waals surface area contributed by atoms with Crippen molar-refractivity contribution in [1.29, 1.82) is 0 Å². The number of fused-ring (bicyclic) bond motifs is 1. The van der Waals surface area contributed by atoms with Crippen molar-refractivity contribution in [2.75, 3.05) is 6.61 Å². The van der Waals surface area contributed by atoms with Crippen LogP contribution in [0.1, 0.15) is 18.9 Å². The molecule has 1 saturated heterocycles. The second-order valence-electron chi connectivity index (χ2n) is 6.92. The van der Waals surface area contributed by atoms with Crippen molar-refractivity contribution in [3.8, 4) is 0 Å². The molecule has 2 unspecified atom stereocenters. The molecule has 3 aliphatic rings. The number of aliphatic imine (C=N–C) groups is 1. The summed E-state index contributed by atoms with van der Waals surface area (Å²) in [6.07, 6.45) is 0.463. The normalized spacial score (nSPS) is 35.0. The van der Waals surface area contributed by atoms with Gasteiger partial charge in [-0.25, -0.2) is 13.4 Å². The van der Waals surface area contributed by atoms with Gasteiger partial charge in [0.25, 0.3) is 0 Å². The van der Waals surface area contributed by atoms with Crippen molar-refractivity contribution < 1.29 is 27.4 Å². The number of hydrogen-bond acceptors (Lipinski definition) is 7. The Morgan fingerprint density at radius 3 is 2.62 bits per heavy atom. The van der Waals surface area contributed by atoms with E-state index in [9.17, 15) is 13.2 Å². The van der Waals surface area contributed by atoms with Crippen LogP contribution in [-0.2, 0) is 28.8 Å². The van der Waals surface area contributed by atoms with Gasteiger partial charge >= 0.3 is 5.97 Å². The number of carbonyl (C=O) groups excluding carboxylic acids is 1. The third kappa shape index (κ3) is 2.81. The van der Waals surface area contributed by atoms with E-state index in [4.69, 9.17) is 14.2 Å². The molecule has 0 amide bonds. The minimum absolute atomic E-state index is 0.0750. The largest absolute Gasteiger partial charge is 0.474 e. The monoisotopic (exact) mass is 379 g/mol. The average molecular weight is 379 g/mol. The molecule has 2 heterocycles. The zero-order valence-electron chi connectivity index (χ0n) is 14.6. The molecule has 26 heavy (non-hydrogen) atoms. The predicted octanol–water partition coefficient (Wildman–Crippen LogP) is 1.49. The van der Waals surface area contributed by atoms with Crippen LogP contribution in [0.5, 0.6) is 0 Å². The summed E-state index contributed by atoms with van der Waals surface area (Å²) in [5, 5.41) is -1.03. The topological polar surface area (TPSA) is 91.3 Å². The van der Waals surface area contributed by atoms with Crippen LogP contribution in [-0.4, -0.2) is 51.1 Å².